The fourth-order valence-electron chi connectivity index (χ4n) is 3.57. The Kier molecular flexibility index (Phi) is 4.64. The van der Waals surface area contributed by atoms with Crippen LogP contribution in [0.4, 0.5) is 0 Å². The van der Waals surface area contributed by atoms with Crippen molar-refractivity contribution in [2.24, 2.45) is 0 Å². The molecule has 1 aliphatic heterocycles. The van der Waals surface area contributed by atoms with Gasteiger partial charge in [-0.15, -0.1) is 11.3 Å². The van der Waals surface area contributed by atoms with Gasteiger partial charge in [0.15, 0.2) is 0 Å². The Morgan fingerprint density at radius 1 is 1.48 bits per heavy atom. The molecule has 0 spiro atoms. The van der Waals surface area contributed by atoms with Crippen molar-refractivity contribution in [1.29, 1.82) is 0 Å². The molecule has 0 saturated carbocycles. The van der Waals surface area contributed by atoms with E-state index in [9.17, 15) is 0 Å². The lowest BCUT2D eigenvalue weighted by Gasteiger charge is -2.44. The molecule has 0 aromatic carbocycles. The van der Waals surface area contributed by atoms with Gasteiger partial charge in [-0.25, -0.2) is 4.98 Å². The van der Waals surface area contributed by atoms with E-state index >= 15 is 0 Å². The number of thiazole rings is 1. The minimum atomic E-state index is 0.0550. The molecule has 0 bridgehead atoms. The highest BCUT2D eigenvalue weighted by Crippen LogP contribution is 2.40. The second-order valence-electron chi connectivity index (χ2n) is 6.53. The normalized spacial score (nSPS) is 29.8. The van der Waals surface area contributed by atoms with Crippen molar-refractivity contribution in [3.63, 3.8) is 0 Å². The summed E-state index contributed by atoms with van der Waals surface area (Å²) in [5.74, 6) is 0. The lowest BCUT2D eigenvalue weighted by Crippen LogP contribution is -2.54. The third-order valence-electron chi connectivity index (χ3n) is 5.06. The predicted molar refractivity (Wildman–Crippen MR) is 87.0 cm³/mol. The number of aryl methyl sites for hydroxylation is 2. The molecule has 1 aliphatic carbocycles. The second kappa shape index (κ2) is 6.32. The number of hydrogen-bond acceptors (Lipinski definition) is 5. The first-order valence-electron chi connectivity index (χ1n) is 8.08. The smallest absolute Gasteiger partial charge is 0.113 e. The van der Waals surface area contributed by atoms with Gasteiger partial charge in [-0.3, -0.25) is 0 Å². The van der Waals surface area contributed by atoms with Crippen LogP contribution in [0.2, 0.25) is 0 Å². The summed E-state index contributed by atoms with van der Waals surface area (Å²) in [5, 5.41) is 5.11. The average molecular weight is 309 g/mol. The first-order chi connectivity index (χ1) is 10.1. The van der Waals surface area contributed by atoms with Gasteiger partial charge in [0.1, 0.15) is 5.01 Å². The predicted octanol–water partition coefficient (Wildman–Crippen LogP) is 2.18. The summed E-state index contributed by atoms with van der Waals surface area (Å²) in [5.41, 5.74) is 1.42. The van der Waals surface area contributed by atoms with Gasteiger partial charge >= 0.3 is 0 Å². The summed E-state index contributed by atoms with van der Waals surface area (Å²) in [4.78, 5) is 9.01. The van der Waals surface area contributed by atoms with Crippen LogP contribution in [-0.2, 0) is 23.1 Å². The van der Waals surface area contributed by atoms with Crippen molar-refractivity contribution in [3.8, 4) is 0 Å². The number of methoxy groups -OCH3 is 1. The molecule has 2 atom stereocenters. The van der Waals surface area contributed by atoms with Crippen LogP contribution in [0.1, 0.15) is 41.8 Å². The Morgan fingerprint density at radius 3 is 3.05 bits per heavy atom. The topological polar surface area (TPSA) is 37.4 Å². The maximum atomic E-state index is 5.23. The van der Waals surface area contributed by atoms with E-state index in [4.69, 9.17) is 9.72 Å². The Labute approximate surface area is 131 Å². The minimum absolute atomic E-state index is 0.0550. The number of fused-ring (bicyclic) bond motifs is 1. The van der Waals surface area contributed by atoms with Gasteiger partial charge in [-0.2, -0.15) is 0 Å². The van der Waals surface area contributed by atoms with Crippen molar-refractivity contribution in [3.05, 3.63) is 15.6 Å². The highest BCUT2D eigenvalue weighted by Gasteiger charge is 2.41. The fraction of sp³-hybridized carbons (Fsp3) is 0.812. The molecule has 3 rings (SSSR count). The molecule has 21 heavy (non-hydrogen) atoms. The molecule has 1 aromatic rings. The van der Waals surface area contributed by atoms with Gasteiger partial charge in [0.25, 0.3) is 0 Å². The summed E-state index contributed by atoms with van der Waals surface area (Å²) in [6, 6.07) is 0.590. The number of aromatic nitrogens is 1. The van der Waals surface area contributed by atoms with Gasteiger partial charge in [0, 0.05) is 31.1 Å². The molecular formula is C16H27N3OS. The molecule has 1 saturated heterocycles. The van der Waals surface area contributed by atoms with E-state index in [-0.39, 0.29) is 5.54 Å². The van der Waals surface area contributed by atoms with Crippen LogP contribution >= 0.6 is 11.3 Å². The van der Waals surface area contributed by atoms with Crippen LogP contribution in [0, 0.1) is 0 Å². The SMILES string of the molecule is COCCNC1(c2nc3c(s2)CCC3)CCN(C)C(C)C1. The first kappa shape index (κ1) is 15.4. The summed E-state index contributed by atoms with van der Waals surface area (Å²) in [6.07, 6.45) is 5.98. The zero-order valence-electron chi connectivity index (χ0n) is 13.4. The van der Waals surface area contributed by atoms with Gasteiger partial charge < -0.3 is 15.0 Å². The van der Waals surface area contributed by atoms with E-state index in [1.165, 1.54) is 34.8 Å². The third kappa shape index (κ3) is 3.02. The van der Waals surface area contributed by atoms with Crippen LogP contribution in [0.25, 0.3) is 0 Å². The second-order valence-corrected chi connectivity index (χ2v) is 7.61. The number of rotatable bonds is 5. The van der Waals surface area contributed by atoms with Crippen molar-refractivity contribution >= 4 is 11.3 Å². The first-order valence-corrected chi connectivity index (χ1v) is 8.89. The van der Waals surface area contributed by atoms with Crippen molar-refractivity contribution in [2.45, 2.75) is 50.6 Å². The van der Waals surface area contributed by atoms with E-state index in [1.54, 1.807) is 7.11 Å². The quantitative estimate of drug-likeness (QED) is 0.846. The molecule has 2 unspecified atom stereocenters. The molecular weight excluding hydrogens is 282 g/mol. The molecule has 118 valence electrons. The van der Waals surface area contributed by atoms with Gasteiger partial charge in [0.2, 0.25) is 0 Å². The van der Waals surface area contributed by atoms with Crippen molar-refractivity contribution < 1.29 is 4.74 Å². The van der Waals surface area contributed by atoms with Crippen LogP contribution in [0.15, 0.2) is 0 Å². The van der Waals surface area contributed by atoms with E-state index in [0.717, 1.165) is 32.5 Å². The van der Waals surface area contributed by atoms with E-state index in [1.807, 2.05) is 11.3 Å². The van der Waals surface area contributed by atoms with Crippen LogP contribution in [0.5, 0.6) is 0 Å². The largest absolute Gasteiger partial charge is 0.383 e. The summed E-state index contributed by atoms with van der Waals surface area (Å²) in [7, 11) is 4.00. The number of nitrogens with zero attached hydrogens (tertiary/aromatic N) is 2. The lowest BCUT2D eigenvalue weighted by molar-refractivity contribution is 0.0960. The molecule has 0 radical (unpaired) electrons. The van der Waals surface area contributed by atoms with Crippen LogP contribution in [0.3, 0.4) is 0 Å². The molecule has 1 N–H and O–H groups in total. The third-order valence-corrected chi connectivity index (χ3v) is 6.42. The number of likely N-dealkylation sites (tertiary alicyclic amines) is 1. The molecule has 5 heteroatoms. The van der Waals surface area contributed by atoms with E-state index in [2.05, 4.69) is 24.2 Å². The summed E-state index contributed by atoms with van der Waals surface area (Å²) in [6.45, 7) is 5.12. The molecule has 1 aromatic heterocycles. The Hall–Kier alpha value is -0.490. The number of piperidine rings is 1. The molecule has 0 amide bonds. The standard InChI is InChI=1S/C16H27N3OS/c1-12-11-16(7-9-19(12)2,17-8-10-20-3)15-18-13-5-4-6-14(13)21-15/h12,17H,4-11H2,1-3H3. The zero-order valence-corrected chi connectivity index (χ0v) is 14.3. The van der Waals surface area contributed by atoms with Gasteiger partial charge in [-0.05, 0) is 46.1 Å². The van der Waals surface area contributed by atoms with E-state index in [0.29, 0.717) is 6.04 Å². The summed E-state index contributed by atoms with van der Waals surface area (Å²) >= 11 is 1.96. The maximum absolute atomic E-state index is 5.23. The van der Waals surface area contributed by atoms with Crippen LogP contribution < -0.4 is 5.32 Å². The summed E-state index contributed by atoms with van der Waals surface area (Å²) < 4.78 is 5.23. The van der Waals surface area contributed by atoms with E-state index < -0.39 is 0 Å². The van der Waals surface area contributed by atoms with Crippen molar-refractivity contribution in [2.75, 3.05) is 33.9 Å². The van der Waals surface area contributed by atoms with Gasteiger partial charge in [0.05, 0.1) is 17.8 Å². The monoisotopic (exact) mass is 309 g/mol. The number of nitrogens with one attached hydrogen (secondary N) is 1. The lowest BCUT2D eigenvalue weighted by atomic mass is 9.84. The Morgan fingerprint density at radius 2 is 2.33 bits per heavy atom. The highest BCUT2D eigenvalue weighted by atomic mass is 32.1. The number of hydrogen-bond donors (Lipinski definition) is 1. The van der Waals surface area contributed by atoms with Crippen LogP contribution in [-0.4, -0.2) is 49.8 Å². The Balaban J connectivity index is 1.84. The molecule has 2 aliphatic rings. The highest BCUT2D eigenvalue weighted by molar-refractivity contribution is 7.12. The maximum Gasteiger partial charge on any atom is 0.113 e. The Bertz CT molecular complexity index is 468. The number of ether oxygens (including phenoxy) is 1. The average Bonchev–Trinajstić information content (AvgIpc) is 3.04. The minimum Gasteiger partial charge on any atom is -0.383 e. The fourth-order valence-corrected chi connectivity index (χ4v) is 4.92. The molecule has 4 nitrogen and oxygen atoms in total. The van der Waals surface area contributed by atoms with Crippen molar-refractivity contribution in [1.82, 2.24) is 15.2 Å². The zero-order chi connectivity index (χ0) is 14.9. The molecule has 1 fully saturated rings. The molecule has 2 heterocycles. The van der Waals surface area contributed by atoms with Gasteiger partial charge in [-0.1, -0.05) is 0 Å².